The van der Waals surface area contributed by atoms with Crippen LogP contribution in [0.2, 0.25) is 0 Å². The van der Waals surface area contributed by atoms with Gasteiger partial charge in [-0.2, -0.15) is 0 Å². The molecule has 0 aliphatic heterocycles. The third kappa shape index (κ3) is 2.30. The van der Waals surface area contributed by atoms with Gasteiger partial charge < -0.3 is 0 Å². The number of hydrogen-bond acceptors (Lipinski definition) is 2. The Labute approximate surface area is 113 Å². The third-order valence-corrected chi connectivity index (χ3v) is 3.99. The van der Waals surface area contributed by atoms with Gasteiger partial charge in [-0.25, -0.2) is 0 Å². The number of rotatable bonds is 3. The minimum absolute atomic E-state index is 0.0982. The van der Waals surface area contributed by atoms with Crippen molar-refractivity contribution in [3.63, 3.8) is 0 Å². The second kappa shape index (κ2) is 4.96. The van der Waals surface area contributed by atoms with E-state index in [2.05, 4.69) is 17.1 Å². The van der Waals surface area contributed by atoms with E-state index in [9.17, 15) is 4.79 Å². The summed E-state index contributed by atoms with van der Waals surface area (Å²) in [5.74, 6) is 0.757. The van der Waals surface area contributed by atoms with E-state index in [4.69, 9.17) is 0 Å². The van der Waals surface area contributed by atoms with Gasteiger partial charge in [0, 0.05) is 23.5 Å². The van der Waals surface area contributed by atoms with Crippen LogP contribution in [-0.2, 0) is 0 Å². The van der Waals surface area contributed by atoms with Crippen molar-refractivity contribution in [3.8, 4) is 0 Å². The maximum absolute atomic E-state index is 12.5. The van der Waals surface area contributed by atoms with E-state index in [0.717, 1.165) is 16.7 Å². The van der Waals surface area contributed by atoms with E-state index in [1.54, 1.807) is 18.5 Å². The van der Waals surface area contributed by atoms with Crippen LogP contribution in [0.5, 0.6) is 0 Å². The molecular formula is C17H17NO. The van der Waals surface area contributed by atoms with Crippen LogP contribution >= 0.6 is 0 Å². The number of nitrogens with zero attached hydrogens (tertiary/aromatic N) is 1. The summed E-state index contributed by atoms with van der Waals surface area (Å²) < 4.78 is 0. The molecule has 1 saturated carbocycles. The van der Waals surface area contributed by atoms with E-state index in [-0.39, 0.29) is 5.78 Å². The molecule has 2 nitrogen and oxygen atoms in total. The second-order valence-corrected chi connectivity index (χ2v) is 5.27. The fraction of sp³-hybridized carbons (Fsp3) is 0.294. The molecule has 1 fully saturated rings. The van der Waals surface area contributed by atoms with Crippen LogP contribution in [0.25, 0.3) is 0 Å². The minimum Gasteiger partial charge on any atom is -0.289 e. The van der Waals surface area contributed by atoms with E-state index in [1.807, 2.05) is 19.1 Å². The molecule has 96 valence electrons. The van der Waals surface area contributed by atoms with Crippen molar-refractivity contribution >= 4 is 5.78 Å². The summed E-state index contributed by atoms with van der Waals surface area (Å²) in [6.45, 7) is 1.93. The van der Waals surface area contributed by atoms with Crippen molar-refractivity contribution < 1.29 is 4.79 Å². The van der Waals surface area contributed by atoms with Crippen LogP contribution in [0.4, 0.5) is 0 Å². The summed E-state index contributed by atoms with van der Waals surface area (Å²) in [5.41, 5.74) is 3.78. The van der Waals surface area contributed by atoms with Gasteiger partial charge in [-0.15, -0.1) is 0 Å². The highest BCUT2D eigenvalue weighted by Crippen LogP contribution is 2.36. The lowest BCUT2D eigenvalue weighted by Gasteiger charge is -2.26. The van der Waals surface area contributed by atoms with Gasteiger partial charge in [0.15, 0.2) is 5.78 Å². The number of carbonyl (C=O) groups excluding carboxylic acids is 1. The van der Waals surface area contributed by atoms with Crippen LogP contribution in [-0.4, -0.2) is 10.8 Å². The van der Waals surface area contributed by atoms with Gasteiger partial charge in [-0.05, 0) is 48.9 Å². The molecule has 2 heteroatoms. The number of aromatic nitrogens is 1. The Morgan fingerprint density at radius 3 is 2.79 bits per heavy atom. The van der Waals surface area contributed by atoms with Crippen molar-refractivity contribution in [2.75, 3.05) is 0 Å². The lowest BCUT2D eigenvalue weighted by Crippen LogP contribution is -2.10. The zero-order valence-electron chi connectivity index (χ0n) is 11.1. The summed E-state index contributed by atoms with van der Waals surface area (Å²) in [7, 11) is 0. The van der Waals surface area contributed by atoms with Crippen LogP contribution in [0.1, 0.15) is 52.2 Å². The van der Waals surface area contributed by atoms with Crippen LogP contribution < -0.4 is 0 Å². The summed E-state index contributed by atoms with van der Waals surface area (Å²) in [4.78, 5) is 16.6. The molecular weight excluding hydrogens is 234 g/mol. The molecule has 0 unspecified atom stereocenters. The van der Waals surface area contributed by atoms with E-state index < -0.39 is 0 Å². The fourth-order valence-corrected chi connectivity index (χ4v) is 2.56. The maximum Gasteiger partial charge on any atom is 0.193 e. The molecule has 2 aromatic rings. The van der Waals surface area contributed by atoms with Crippen LogP contribution in [0.15, 0.2) is 42.7 Å². The SMILES string of the molecule is Cc1cnccc1C(=O)c1cccc(C2CCC2)c1. The average Bonchev–Trinajstić information content (AvgIpc) is 2.37. The highest BCUT2D eigenvalue weighted by Gasteiger charge is 2.20. The smallest absolute Gasteiger partial charge is 0.193 e. The summed E-state index contributed by atoms with van der Waals surface area (Å²) in [6.07, 6.45) is 7.24. The number of aryl methyl sites for hydroxylation is 1. The Morgan fingerprint density at radius 1 is 1.26 bits per heavy atom. The van der Waals surface area contributed by atoms with Crippen molar-refractivity contribution in [1.29, 1.82) is 0 Å². The summed E-state index contributed by atoms with van der Waals surface area (Å²) >= 11 is 0. The van der Waals surface area contributed by atoms with Crippen molar-refractivity contribution in [2.24, 2.45) is 0 Å². The highest BCUT2D eigenvalue weighted by atomic mass is 16.1. The molecule has 3 rings (SSSR count). The Balaban J connectivity index is 1.93. The van der Waals surface area contributed by atoms with Crippen LogP contribution in [0, 0.1) is 6.92 Å². The number of hydrogen-bond donors (Lipinski definition) is 0. The molecule has 0 N–H and O–H groups in total. The second-order valence-electron chi connectivity index (χ2n) is 5.27. The molecule has 1 aromatic heterocycles. The largest absolute Gasteiger partial charge is 0.289 e. The molecule has 0 amide bonds. The van der Waals surface area contributed by atoms with Gasteiger partial charge >= 0.3 is 0 Å². The Kier molecular flexibility index (Phi) is 3.16. The lowest BCUT2D eigenvalue weighted by molar-refractivity contribution is 0.103. The topological polar surface area (TPSA) is 30.0 Å². The Morgan fingerprint density at radius 2 is 2.11 bits per heavy atom. The molecule has 1 heterocycles. The first-order chi connectivity index (χ1) is 9.25. The lowest BCUT2D eigenvalue weighted by atomic mass is 9.79. The van der Waals surface area contributed by atoms with Gasteiger partial charge in [-0.1, -0.05) is 24.6 Å². The van der Waals surface area contributed by atoms with E-state index >= 15 is 0 Å². The van der Waals surface area contributed by atoms with Crippen molar-refractivity contribution in [3.05, 3.63) is 65.0 Å². The Bertz CT molecular complexity index is 614. The first-order valence-electron chi connectivity index (χ1n) is 6.81. The molecule has 1 aliphatic rings. The zero-order valence-corrected chi connectivity index (χ0v) is 11.1. The maximum atomic E-state index is 12.5. The summed E-state index contributed by atoms with van der Waals surface area (Å²) in [5, 5.41) is 0. The molecule has 1 aromatic carbocycles. The van der Waals surface area contributed by atoms with Crippen molar-refractivity contribution in [2.45, 2.75) is 32.1 Å². The fourth-order valence-electron chi connectivity index (χ4n) is 2.56. The van der Waals surface area contributed by atoms with Gasteiger partial charge in [0.25, 0.3) is 0 Å². The Hall–Kier alpha value is -1.96. The number of benzene rings is 1. The zero-order chi connectivity index (χ0) is 13.2. The predicted molar refractivity (Wildman–Crippen MR) is 75.4 cm³/mol. The van der Waals surface area contributed by atoms with Gasteiger partial charge in [-0.3, -0.25) is 9.78 Å². The van der Waals surface area contributed by atoms with Crippen molar-refractivity contribution in [1.82, 2.24) is 4.98 Å². The highest BCUT2D eigenvalue weighted by molar-refractivity contribution is 6.09. The molecule has 19 heavy (non-hydrogen) atoms. The number of pyridine rings is 1. The first kappa shape index (κ1) is 12.1. The minimum atomic E-state index is 0.0982. The van der Waals surface area contributed by atoms with E-state index in [0.29, 0.717) is 5.92 Å². The average molecular weight is 251 g/mol. The molecule has 0 radical (unpaired) electrons. The third-order valence-electron chi connectivity index (χ3n) is 3.99. The van der Waals surface area contributed by atoms with Gasteiger partial charge in [0.1, 0.15) is 0 Å². The molecule has 0 saturated heterocycles. The van der Waals surface area contributed by atoms with E-state index in [1.165, 1.54) is 24.8 Å². The standard InChI is InChI=1S/C17H17NO/c1-12-11-18-9-8-16(12)17(19)15-7-3-6-14(10-15)13-4-2-5-13/h3,6-11,13H,2,4-5H2,1H3. The molecule has 1 aliphatic carbocycles. The molecule has 0 atom stereocenters. The number of carbonyl (C=O) groups is 1. The van der Waals surface area contributed by atoms with Gasteiger partial charge in [0.05, 0.1) is 0 Å². The number of ketones is 1. The predicted octanol–water partition coefficient (Wildman–Crippen LogP) is 3.89. The quantitative estimate of drug-likeness (QED) is 0.775. The van der Waals surface area contributed by atoms with Crippen LogP contribution in [0.3, 0.4) is 0 Å². The van der Waals surface area contributed by atoms with Gasteiger partial charge in [0.2, 0.25) is 0 Å². The summed E-state index contributed by atoms with van der Waals surface area (Å²) in [6, 6.07) is 9.90. The molecule has 0 bridgehead atoms. The normalized spacial score (nSPS) is 15.0. The molecule has 0 spiro atoms. The first-order valence-corrected chi connectivity index (χ1v) is 6.81. The monoisotopic (exact) mass is 251 g/mol.